The number of amides is 2. The third-order valence-corrected chi connectivity index (χ3v) is 4.30. The van der Waals surface area contributed by atoms with Gasteiger partial charge in [-0.05, 0) is 37.6 Å². The lowest BCUT2D eigenvalue weighted by atomic mass is 10.00. The highest BCUT2D eigenvalue weighted by molar-refractivity contribution is 5.74. The fraction of sp³-hybridized carbons (Fsp3) is 0.562. The van der Waals surface area contributed by atoms with Crippen LogP contribution in [-0.2, 0) is 0 Å². The van der Waals surface area contributed by atoms with Gasteiger partial charge in [0.2, 0.25) is 0 Å². The van der Waals surface area contributed by atoms with Crippen molar-refractivity contribution in [2.45, 2.75) is 37.9 Å². The third kappa shape index (κ3) is 4.17. The van der Waals surface area contributed by atoms with E-state index in [1.807, 2.05) is 18.9 Å². The van der Waals surface area contributed by atoms with Crippen LogP contribution in [0.5, 0.6) is 0 Å². The average Bonchev–Trinajstić information content (AvgIpc) is 2.88. The summed E-state index contributed by atoms with van der Waals surface area (Å²) in [4.78, 5) is 14.0. The number of hydrogen-bond donors (Lipinski definition) is 3. The molecule has 0 aliphatic carbocycles. The van der Waals surface area contributed by atoms with Gasteiger partial charge in [0.1, 0.15) is 0 Å². The number of carbonyl (C=O) groups is 1. The molecule has 1 saturated heterocycles. The van der Waals surface area contributed by atoms with Crippen LogP contribution in [0.15, 0.2) is 18.2 Å². The van der Waals surface area contributed by atoms with E-state index in [1.54, 1.807) is 6.07 Å². The monoisotopic (exact) mass is 327 g/mol. The minimum Gasteiger partial charge on any atom is -0.394 e. The van der Waals surface area contributed by atoms with Crippen molar-refractivity contribution in [3.05, 3.63) is 35.4 Å². The summed E-state index contributed by atoms with van der Waals surface area (Å²) in [7, 11) is 1.88. The lowest BCUT2D eigenvalue weighted by molar-refractivity contribution is 0.208. The molecule has 7 heteroatoms. The number of rotatable bonds is 5. The topological polar surface area (TPSA) is 64.6 Å². The van der Waals surface area contributed by atoms with Gasteiger partial charge in [0.15, 0.2) is 11.6 Å². The number of likely N-dealkylation sites (N-methyl/N-ethyl adjacent to an activating group) is 1. The second-order valence-corrected chi connectivity index (χ2v) is 5.90. The number of likely N-dealkylation sites (tertiary alicyclic amines) is 1. The van der Waals surface area contributed by atoms with Gasteiger partial charge in [0, 0.05) is 6.54 Å². The van der Waals surface area contributed by atoms with Crippen molar-refractivity contribution in [2.24, 2.45) is 0 Å². The van der Waals surface area contributed by atoms with E-state index in [0.717, 1.165) is 12.6 Å². The van der Waals surface area contributed by atoms with Crippen molar-refractivity contribution in [1.82, 2.24) is 15.5 Å². The molecule has 3 N–H and O–H groups in total. The SMILES string of the molecule is CCC(CO)NC(=O)NC1CCN(C)C1c1ccc(F)c(F)c1. The molecule has 3 unspecified atom stereocenters. The molecule has 1 fully saturated rings. The largest absolute Gasteiger partial charge is 0.394 e. The van der Waals surface area contributed by atoms with Crippen LogP contribution in [0.2, 0.25) is 0 Å². The molecular formula is C16H23F2N3O2. The Labute approximate surface area is 134 Å². The van der Waals surface area contributed by atoms with E-state index in [0.29, 0.717) is 18.4 Å². The highest BCUT2D eigenvalue weighted by atomic mass is 19.2. The van der Waals surface area contributed by atoms with Crippen molar-refractivity contribution in [3.8, 4) is 0 Å². The Morgan fingerprint density at radius 3 is 2.78 bits per heavy atom. The van der Waals surface area contributed by atoms with Crippen LogP contribution in [0.1, 0.15) is 31.4 Å². The molecule has 3 atom stereocenters. The molecule has 2 amide bonds. The zero-order valence-corrected chi connectivity index (χ0v) is 13.4. The maximum atomic E-state index is 13.5. The lowest BCUT2D eigenvalue weighted by Gasteiger charge is -2.27. The Kier molecular flexibility index (Phi) is 5.90. The van der Waals surface area contributed by atoms with E-state index in [2.05, 4.69) is 10.6 Å². The summed E-state index contributed by atoms with van der Waals surface area (Å²) in [6.45, 7) is 2.49. The maximum absolute atomic E-state index is 13.5. The Balaban J connectivity index is 2.08. The number of carbonyl (C=O) groups excluding carboxylic acids is 1. The molecule has 1 aromatic carbocycles. The molecule has 0 radical (unpaired) electrons. The predicted octanol–water partition coefficient (Wildman–Crippen LogP) is 1.78. The summed E-state index contributed by atoms with van der Waals surface area (Å²) >= 11 is 0. The van der Waals surface area contributed by atoms with Gasteiger partial charge >= 0.3 is 6.03 Å². The first-order chi connectivity index (χ1) is 11.0. The lowest BCUT2D eigenvalue weighted by Crippen LogP contribution is -2.48. The average molecular weight is 327 g/mol. The van der Waals surface area contributed by atoms with Gasteiger partial charge in [-0.25, -0.2) is 13.6 Å². The molecule has 1 aliphatic heterocycles. The summed E-state index contributed by atoms with van der Waals surface area (Å²) < 4.78 is 26.6. The van der Waals surface area contributed by atoms with Gasteiger partial charge < -0.3 is 15.7 Å². The fourth-order valence-corrected chi connectivity index (χ4v) is 2.95. The first-order valence-electron chi connectivity index (χ1n) is 7.79. The van der Waals surface area contributed by atoms with Gasteiger partial charge in [-0.3, -0.25) is 4.90 Å². The highest BCUT2D eigenvalue weighted by Crippen LogP contribution is 2.31. The van der Waals surface area contributed by atoms with E-state index in [4.69, 9.17) is 5.11 Å². The molecule has 5 nitrogen and oxygen atoms in total. The molecule has 1 aromatic rings. The number of urea groups is 1. The Bertz CT molecular complexity index is 552. The van der Waals surface area contributed by atoms with E-state index >= 15 is 0 Å². The Morgan fingerprint density at radius 1 is 1.43 bits per heavy atom. The number of benzene rings is 1. The molecule has 0 spiro atoms. The Morgan fingerprint density at radius 2 is 2.17 bits per heavy atom. The van der Waals surface area contributed by atoms with Crippen LogP contribution in [0.3, 0.4) is 0 Å². The molecule has 1 aliphatic rings. The maximum Gasteiger partial charge on any atom is 0.315 e. The second-order valence-electron chi connectivity index (χ2n) is 5.90. The third-order valence-electron chi connectivity index (χ3n) is 4.30. The van der Waals surface area contributed by atoms with E-state index in [9.17, 15) is 13.6 Å². The number of nitrogens with one attached hydrogen (secondary N) is 2. The molecule has 2 rings (SSSR count). The molecular weight excluding hydrogens is 304 g/mol. The number of hydrogen-bond acceptors (Lipinski definition) is 3. The van der Waals surface area contributed by atoms with E-state index in [1.165, 1.54) is 6.07 Å². The first kappa shape index (κ1) is 17.6. The number of nitrogens with zero attached hydrogens (tertiary/aromatic N) is 1. The van der Waals surface area contributed by atoms with Crippen molar-refractivity contribution in [2.75, 3.05) is 20.2 Å². The van der Waals surface area contributed by atoms with Crippen LogP contribution in [0, 0.1) is 11.6 Å². The quantitative estimate of drug-likeness (QED) is 0.772. The standard InChI is InChI=1S/C16H23F2N3O2/c1-3-11(9-22)19-16(23)20-14-6-7-21(2)15(14)10-4-5-12(17)13(18)8-10/h4-5,8,11,14-15,22H,3,6-7,9H2,1-2H3,(H2,19,20,23). The minimum absolute atomic E-state index is 0.124. The molecule has 0 bridgehead atoms. The molecule has 0 aromatic heterocycles. The van der Waals surface area contributed by atoms with Gasteiger partial charge in [-0.1, -0.05) is 13.0 Å². The van der Waals surface area contributed by atoms with Gasteiger partial charge in [0.25, 0.3) is 0 Å². The number of aliphatic hydroxyl groups excluding tert-OH is 1. The van der Waals surface area contributed by atoms with Gasteiger partial charge in [0.05, 0.1) is 24.7 Å². The van der Waals surface area contributed by atoms with E-state index in [-0.39, 0.29) is 30.8 Å². The smallest absolute Gasteiger partial charge is 0.315 e. The zero-order valence-electron chi connectivity index (χ0n) is 13.4. The van der Waals surface area contributed by atoms with Gasteiger partial charge in [-0.15, -0.1) is 0 Å². The summed E-state index contributed by atoms with van der Waals surface area (Å²) in [5.74, 6) is -1.78. The molecule has 1 heterocycles. The highest BCUT2D eigenvalue weighted by Gasteiger charge is 2.34. The summed E-state index contributed by atoms with van der Waals surface area (Å²) in [5, 5.41) is 14.7. The van der Waals surface area contributed by atoms with Crippen LogP contribution in [0.4, 0.5) is 13.6 Å². The van der Waals surface area contributed by atoms with Crippen molar-refractivity contribution in [1.29, 1.82) is 0 Å². The van der Waals surface area contributed by atoms with Crippen molar-refractivity contribution < 1.29 is 18.7 Å². The van der Waals surface area contributed by atoms with Crippen LogP contribution in [-0.4, -0.2) is 48.3 Å². The first-order valence-corrected chi connectivity index (χ1v) is 7.79. The summed E-state index contributed by atoms with van der Waals surface area (Å²) in [5.41, 5.74) is 0.628. The summed E-state index contributed by atoms with van der Waals surface area (Å²) in [6.07, 6.45) is 1.34. The van der Waals surface area contributed by atoms with Crippen LogP contribution in [0.25, 0.3) is 0 Å². The van der Waals surface area contributed by atoms with Crippen LogP contribution >= 0.6 is 0 Å². The minimum atomic E-state index is -0.891. The Hall–Kier alpha value is -1.73. The zero-order chi connectivity index (χ0) is 17.0. The number of halogens is 2. The molecule has 128 valence electrons. The van der Waals surface area contributed by atoms with Crippen molar-refractivity contribution >= 4 is 6.03 Å². The normalized spacial score (nSPS) is 22.8. The predicted molar refractivity (Wildman–Crippen MR) is 83.0 cm³/mol. The number of aliphatic hydroxyl groups is 1. The van der Waals surface area contributed by atoms with Crippen LogP contribution < -0.4 is 10.6 Å². The van der Waals surface area contributed by atoms with E-state index < -0.39 is 11.6 Å². The van der Waals surface area contributed by atoms with Gasteiger partial charge in [-0.2, -0.15) is 0 Å². The fourth-order valence-electron chi connectivity index (χ4n) is 2.95. The molecule has 0 saturated carbocycles. The van der Waals surface area contributed by atoms with Crippen molar-refractivity contribution in [3.63, 3.8) is 0 Å². The molecule has 23 heavy (non-hydrogen) atoms. The summed E-state index contributed by atoms with van der Waals surface area (Å²) in [6, 6.07) is 2.74. The second kappa shape index (κ2) is 7.70.